The fourth-order valence-electron chi connectivity index (χ4n) is 3.59. The minimum Gasteiger partial charge on any atom is -0.372 e. The molecule has 0 spiro atoms. The van der Waals surface area contributed by atoms with E-state index in [0.29, 0.717) is 19.6 Å². The molecular weight excluding hydrogens is 382 g/mol. The molecule has 0 saturated carbocycles. The van der Waals surface area contributed by atoms with Crippen molar-refractivity contribution in [2.75, 3.05) is 13.1 Å². The predicted octanol–water partition coefficient (Wildman–Crippen LogP) is 4.36. The van der Waals surface area contributed by atoms with Crippen LogP contribution in [-0.2, 0) is 11.3 Å². The number of fused-ring (bicyclic) bond motifs is 1. The van der Waals surface area contributed by atoms with Crippen molar-refractivity contribution in [3.05, 3.63) is 51.5 Å². The zero-order valence-corrected chi connectivity index (χ0v) is 17.2. The van der Waals surface area contributed by atoms with Crippen LogP contribution in [0.4, 0.5) is 0 Å². The van der Waals surface area contributed by atoms with E-state index < -0.39 is 0 Å². The number of amides is 1. The number of aryl methyl sites for hydroxylation is 1. The molecule has 0 aliphatic carbocycles. The van der Waals surface area contributed by atoms with Gasteiger partial charge in [-0.25, -0.2) is 0 Å². The molecule has 1 fully saturated rings. The van der Waals surface area contributed by atoms with Crippen LogP contribution in [0, 0.1) is 6.92 Å². The Morgan fingerprint density at radius 2 is 1.93 bits per heavy atom. The van der Waals surface area contributed by atoms with Gasteiger partial charge in [0.25, 0.3) is 5.91 Å². The van der Waals surface area contributed by atoms with Crippen molar-refractivity contribution in [1.82, 2.24) is 14.7 Å². The van der Waals surface area contributed by atoms with E-state index >= 15 is 0 Å². The number of aromatic nitrogens is 2. The minimum atomic E-state index is 0.0641. The summed E-state index contributed by atoms with van der Waals surface area (Å²) >= 11 is 7.49. The van der Waals surface area contributed by atoms with Crippen molar-refractivity contribution in [2.24, 2.45) is 0 Å². The molecule has 1 aliphatic heterocycles. The van der Waals surface area contributed by atoms with Crippen molar-refractivity contribution in [2.45, 2.75) is 39.5 Å². The fourth-order valence-corrected chi connectivity index (χ4v) is 4.84. The monoisotopic (exact) mass is 403 g/mol. The summed E-state index contributed by atoms with van der Waals surface area (Å²) in [5.41, 5.74) is 2.07. The predicted molar refractivity (Wildman–Crippen MR) is 109 cm³/mol. The Labute approximate surface area is 167 Å². The molecule has 1 aromatic carbocycles. The van der Waals surface area contributed by atoms with Gasteiger partial charge in [-0.05, 0) is 44.5 Å². The highest BCUT2D eigenvalue weighted by Crippen LogP contribution is 2.30. The van der Waals surface area contributed by atoms with Crippen LogP contribution in [0.15, 0.2) is 30.3 Å². The first-order valence-electron chi connectivity index (χ1n) is 9.07. The highest BCUT2D eigenvalue weighted by Gasteiger charge is 2.28. The van der Waals surface area contributed by atoms with E-state index in [1.54, 1.807) is 0 Å². The Balaban J connectivity index is 1.62. The second kappa shape index (κ2) is 7.26. The van der Waals surface area contributed by atoms with Crippen LogP contribution in [0.5, 0.6) is 0 Å². The summed E-state index contributed by atoms with van der Waals surface area (Å²) in [5, 5.41) is 6.42. The number of thiophene rings is 1. The molecular formula is C20H22ClN3O2S. The zero-order valence-electron chi connectivity index (χ0n) is 15.6. The third-order valence-corrected chi connectivity index (χ3v) is 6.16. The number of carbonyl (C=O) groups is 1. The van der Waals surface area contributed by atoms with E-state index in [-0.39, 0.29) is 18.1 Å². The van der Waals surface area contributed by atoms with Gasteiger partial charge in [-0.3, -0.25) is 9.48 Å². The average molecular weight is 404 g/mol. The van der Waals surface area contributed by atoms with Crippen LogP contribution in [0.2, 0.25) is 5.02 Å². The topological polar surface area (TPSA) is 47.4 Å². The molecule has 142 valence electrons. The molecule has 1 amide bonds. The molecule has 1 saturated heterocycles. The lowest BCUT2D eigenvalue weighted by molar-refractivity contribution is -0.0585. The van der Waals surface area contributed by atoms with Crippen LogP contribution in [0.25, 0.3) is 10.2 Å². The summed E-state index contributed by atoms with van der Waals surface area (Å²) < 4.78 is 7.72. The average Bonchev–Trinajstić information content (AvgIpc) is 3.17. The third kappa shape index (κ3) is 3.74. The first-order valence-corrected chi connectivity index (χ1v) is 10.3. The number of halogens is 1. The van der Waals surface area contributed by atoms with Crippen LogP contribution >= 0.6 is 22.9 Å². The highest BCUT2D eigenvalue weighted by molar-refractivity contribution is 7.20. The van der Waals surface area contributed by atoms with Gasteiger partial charge < -0.3 is 9.64 Å². The molecule has 0 radical (unpaired) electrons. The standard InChI is InChI=1S/C20H22ClN3O2S/c1-12-9-23(10-13(2)26-12)19(25)18-8-17-14(3)22-24(20(17)27-18)11-15-4-6-16(21)7-5-15/h4-8,12-13H,9-11H2,1-3H3/t12-,13-/m1/s1. The van der Waals surface area contributed by atoms with Crippen molar-refractivity contribution in [3.63, 3.8) is 0 Å². The van der Waals surface area contributed by atoms with Gasteiger partial charge >= 0.3 is 0 Å². The molecule has 0 N–H and O–H groups in total. The maximum absolute atomic E-state index is 13.0. The van der Waals surface area contributed by atoms with Crippen LogP contribution < -0.4 is 0 Å². The van der Waals surface area contributed by atoms with E-state index in [4.69, 9.17) is 16.3 Å². The molecule has 27 heavy (non-hydrogen) atoms. The van der Waals surface area contributed by atoms with E-state index in [9.17, 15) is 4.79 Å². The normalized spacial score (nSPS) is 20.4. The number of morpholine rings is 1. The number of nitrogens with zero attached hydrogens (tertiary/aromatic N) is 3. The SMILES string of the molecule is Cc1nn(Cc2ccc(Cl)cc2)c2sc(C(=O)N3C[C@@H](C)O[C@H](C)C3)cc12. The Morgan fingerprint density at radius 1 is 1.26 bits per heavy atom. The maximum Gasteiger partial charge on any atom is 0.264 e. The Bertz CT molecular complexity index is 969. The maximum atomic E-state index is 13.0. The first kappa shape index (κ1) is 18.5. The molecule has 2 aromatic heterocycles. The Kier molecular flexibility index (Phi) is 4.97. The van der Waals surface area contributed by atoms with E-state index in [1.807, 2.05) is 60.7 Å². The molecule has 3 heterocycles. The largest absolute Gasteiger partial charge is 0.372 e. The van der Waals surface area contributed by atoms with Gasteiger partial charge in [-0.15, -0.1) is 11.3 Å². The lowest BCUT2D eigenvalue weighted by atomic mass is 10.2. The summed E-state index contributed by atoms with van der Waals surface area (Å²) in [6.07, 6.45) is 0.128. The van der Waals surface area contributed by atoms with E-state index in [1.165, 1.54) is 11.3 Å². The molecule has 2 atom stereocenters. The third-order valence-electron chi connectivity index (χ3n) is 4.77. The van der Waals surface area contributed by atoms with Crippen LogP contribution in [-0.4, -0.2) is 45.9 Å². The molecule has 4 rings (SSSR count). The number of carbonyl (C=O) groups excluding carboxylic acids is 1. The van der Waals surface area contributed by atoms with Gasteiger partial charge in [0, 0.05) is 23.5 Å². The zero-order chi connectivity index (χ0) is 19.1. The fraction of sp³-hybridized carbons (Fsp3) is 0.400. The van der Waals surface area contributed by atoms with Gasteiger partial charge in [0.05, 0.1) is 29.3 Å². The summed E-state index contributed by atoms with van der Waals surface area (Å²) in [6, 6.07) is 9.75. The molecule has 0 bridgehead atoms. The van der Waals surface area contributed by atoms with Crippen molar-refractivity contribution >= 4 is 39.1 Å². The Morgan fingerprint density at radius 3 is 2.59 bits per heavy atom. The van der Waals surface area contributed by atoms with Crippen molar-refractivity contribution < 1.29 is 9.53 Å². The molecule has 7 heteroatoms. The van der Waals surface area contributed by atoms with Gasteiger partial charge in [0.15, 0.2) is 0 Å². The summed E-state index contributed by atoms with van der Waals surface area (Å²) in [6.45, 7) is 7.92. The summed E-state index contributed by atoms with van der Waals surface area (Å²) in [4.78, 5) is 16.7. The molecule has 1 aliphatic rings. The molecule has 5 nitrogen and oxygen atoms in total. The van der Waals surface area contributed by atoms with Gasteiger partial charge in [0.1, 0.15) is 4.83 Å². The smallest absolute Gasteiger partial charge is 0.264 e. The molecule has 3 aromatic rings. The number of hydrogen-bond donors (Lipinski definition) is 0. The van der Waals surface area contributed by atoms with Gasteiger partial charge in [0.2, 0.25) is 0 Å². The first-order chi connectivity index (χ1) is 12.9. The number of ether oxygens (including phenoxy) is 1. The number of benzene rings is 1. The Hall–Kier alpha value is -1.89. The number of hydrogen-bond acceptors (Lipinski definition) is 4. The van der Waals surface area contributed by atoms with Crippen LogP contribution in [0.1, 0.15) is 34.8 Å². The van der Waals surface area contributed by atoms with E-state index in [2.05, 4.69) is 5.10 Å². The lowest BCUT2D eigenvalue weighted by Crippen LogP contribution is -2.48. The highest BCUT2D eigenvalue weighted by atomic mass is 35.5. The quantitative estimate of drug-likeness (QED) is 0.652. The minimum absolute atomic E-state index is 0.0641. The van der Waals surface area contributed by atoms with Crippen LogP contribution in [0.3, 0.4) is 0 Å². The van der Waals surface area contributed by atoms with E-state index in [0.717, 1.165) is 31.4 Å². The summed E-state index contributed by atoms with van der Waals surface area (Å²) in [7, 11) is 0. The van der Waals surface area contributed by atoms with Crippen molar-refractivity contribution in [1.29, 1.82) is 0 Å². The van der Waals surface area contributed by atoms with Gasteiger partial charge in [-0.1, -0.05) is 23.7 Å². The molecule has 0 unspecified atom stereocenters. The van der Waals surface area contributed by atoms with Crippen molar-refractivity contribution in [3.8, 4) is 0 Å². The number of rotatable bonds is 3. The second-order valence-electron chi connectivity index (χ2n) is 7.17. The second-order valence-corrected chi connectivity index (χ2v) is 8.63. The lowest BCUT2D eigenvalue weighted by Gasteiger charge is -2.35. The summed E-state index contributed by atoms with van der Waals surface area (Å²) in [5.74, 6) is 0.0793. The van der Waals surface area contributed by atoms with Gasteiger partial charge in [-0.2, -0.15) is 5.10 Å².